The quantitative estimate of drug-likeness (QED) is 0.140. The summed E-state index contributed by atoms with van der Waals surface area (Å²) in [6.07, 6.45) is 17.8. The molecule has 0 N–H and O–H groups in total. The summed E-state index contributed by atoms with van der Waals surface area (Å²) in [5, 5.41) is 0. The predicted octanol–water partition coefficient (Wildman–Crippen LogP) is 11.7. The number of rotatable bonds is 8. The van der Waals surface area contributed by atoms with E-state index in [0.717, 1.165) is 22.8 Å². The normalized spacial score (nSPS) is 15.0. The molecule has 1 aliphatic rings. The third-order valence-electron chi connectivity index (χ3n) is 7.46. The van der Waals surface area contributed by atoms with Gasteiger partial charge in [0.15, 0.2) is 0 Å². The maximum Gasteiger partial charge on any atom is 0.0820 e. The molecule has 43 heavy (non-hydrogen) atoms. The molecule has 0 radical (unpaired) electrons. The molecule has 232 valence electrons. The van der Waals surface area contributed by atoms with E-state index < -0.39 is 0 Å². The van der Waals surface area contributed by atoms with Crippen LogP contribution in [0.4, 0.5) is 11.4 Å². The SMILES string of the molecule is C1=C\CC/C=C\CC/1.CC(C)c1cccc(C(C)C)c1N=Cc1cccc(C=Nc2c(C(C)C)cccc2C(C)C)n1.[Ni]. The van der Waals surface area contributed by atoms with E-state index in [2.05, 4.69) is 116 Å². The van der Waals surface area contributed by atoms with Crippen molar-refractivity contribution in [1.29, 1.82) is 0 Å². The minimum absolute atomic E-state index is 0. The molecule has 1 heterocycles. The maximum atomic E-state index is 4.92. The Kier molecular flexibility index (Phi) is 15.6. The van der Waals surface area contributed by atoms with Crippen LogP contribution >= 0.6 is 0 Å². The van der Waals surface area contributed by atoms with Gasteiger partial charge >= 0.3 is 0 Å². The van der Waals surface area contributed by atoms with Gasteiger partial charge in [0.1, 0.15) is 0 Å². The van der Waals surface area contributed by atoms with Crippen LogP contribution in [0.2, 0.25) is 0 Å². The Labute approximate surface area is 271 Å². The molecule has 1 aromatic heterocycles. The Balaban J connectivity index is 0.000000620. The van der Waals surface area contributed by atoms with Crippen LogP contribution in [0.15, 0.2) is 88.9 Å². The monoisotopic (exact) mass is 619 g/mol. The van der Waals surface area contributed by atoms with E-state index in [-0.39, 0.29) is 16.5 Å². The second-order valence-electron chi connectivity index (χ2n) is 12.3. The maximum absolute atomic E-state index is 4.92. The van der Waals surface area contributed by atoms with Gasteiger partial charge in [-0.05, 0) is 83.7 Å². The molecule has 1 aliphatic carbocycles. The number of allylic oxidation sites excluding steroid dienone is 4. The molecule has 4 heteroatoms. The van der Waals surface area contributed by atoms with Crippen molar-refractivity contribution in [2.75, 3.05) is 0 Å². The van der Waals surface area contributed by atoms with Gasteiger partial charge in [-0.15, -0.1) is 0 Å². The number of hydrogen-bond acceptors (Lipinski definition) is 3. The van der Waals surface area contributed by atoms with Crippen molar-refractivity contribution in [2.24, 2.45) is 9.98 Å². The number of pyridine rings is 1. The van der Waals surface area contributed by atoms with Gasteiger partial charge in [0, 0.05) is 16.5 Å². The third-order valence-corrected chi connectivity index (χ3v) is 7.46. The molecular weight excluding hydrogens is 569 g/mol. The first-order valence-corrected chi connectivity index (χ1v) is 15.8. The zero-order chi connectivity index (χ0) is 30.5. The van der Waals surface area contributed by atoms with E-state index >= 15 is 0 Å². The Hall–Kier alpha value is -3.10. The smallest absolute Gasteiger partial charge is 0.0820 e. The Morgan fingerprint density at radius 3 is 1.05 bits per heavy atom. The first-order valence-electron chi connectivity index (χ1n) is 15.8. The molecule has 3 aromatic rings. The summed E-state index contributed by atoms with van der Waals surface area (Å²) in [4.78, 5) is 14.6. The van der Waals surface area contributed by atoms with E-state index in [9.17, 15) is 0 Å². The molecule has 0 saturated carbocycles. The van der Waals surface area contributed by atoms with Crippen molar-refractivity contribution in [3.8, 4) is 0 Å². The van der Waals surface area contributed by atoms with E-state index in [1.165, 1.54) is 47.9 Å². The zero-order valence-corrected chi connectivity index (χ0v) is 28.4. The van der Waals surface area contributed by atoms with Crippen LogP contribution in [-0.4, -0.2) is 17.4 Å². The van der Waals surface area contributed by atoms with Gasteiger partial charge in [-0.1, -0.05) is 122 Å². The number of para-hydroxylation sites is 2. The van der Waals surface area contributed by atoms with Crippen LogP contribution < -0.4 is 0 Å². The van der Waals surface area contributed by atoms with Crippen molar-refractivity contribution < 1.29 is 16.5 Å². The van der Waals surface area contributed by atoms with Crippen LogP contribution in [-0.2, 0) is 16.5 Å². The fraction of sp³-hybridized carbons (Fsp3) is 0.410. The molecule has 0 saturated heterocycles. The Morgan fingerprint density at radius 1 is 0.488 bits per heavy atom. The molecule has 2 aromatic carbocycles. The van der Waals surface area contributed by atoms with Gasteiger partial charge < -0.3 is 0 Å². The first-order chi connectivity index (χ1) is 20.2. The summed E-state index contributed by atoms with van der Waals surface area (Å²) in [5.41, 5.74) is 8.88. The minimum atomic E-state index is 0. The van der Waals surface area contributed by atoms with Crippen LogP contribution in [0.25, 0.3) is 0 Å². The van der Waals surface area contributed by atoms with Crippen molar-refractivity contribution in [2.45, 2.75) is 105 Å². The van der Waals surface area contributed by atoms with Gasteiger partial charge in [0.2, 0.25) is 0 Å². The zero-order valence-electron chi connectivity index (χ0n) is 27.5. The summed E-state index contributed by atoms with van der Waals surface area (Å²) in [7, 11) is 0. The molecule has 0 atom stereocenters. The molecule has 0 unspecified atom stereocenters. The number of aliphatic imine (C=N–C) groups is 2. The topological polar surface area (TPSA) is 37.6 Å². The van der Waals surface area contributed by atoms with E-state index in [0.29, 0.717) is 23.7 Å². The van der Waals surface area contributed by atoms with E-state index in [4.69, 9.17) is 15.0 Å². The van der Waals surface area contributed by atoms with Gasteiger partial charge in [0.25, 0.3) is 0 Å². The average Bonchev–Trinajstić information content (AvgIpc) is 2.94. The van der Waals surface area contributed by atoms with E-state index in [1.54, 1.807) is 0 Å². The van der Waals surface area contributed by atoms with Crippen LogP contribution in [0, 0.1) is 0 Å². The molecule has 0 amide bonds. The minimum Gasteiger partial charge on any atom is -0.254 e. The Morgan fingerprint density at radius 2 is 0.767 bits per heavy atom. The summed E-state index contributed by atoms with van der Waals surface area (Å²) in [6, 6.07) is 19.0. The van der Waals surface area contributed by atoms with Gasteiger partial charge in [-0.3, -0.25) is 9.98 Å². The van der Waals surface area contributed by atoms with E-state index in [1.807, 2.05) is 30.6 Å². The standard InChI is InChI=1S/C31H39N3.C8H12.Ni/c1-20(2)26-14-10-15-27(21(3)4)30(26)32-18-24-12-9-13-25(34-24)19-33-31-28(22(5)6)16-11-17-29(31)23(7)8;1-2-4-6-8-7-5-3-1;/h9-23H,1-8H3;1-2,7-8H,3-6H2;/b;2-1-,8-7-;. The number of hydrogen-bond donors (Lipinski definition) is 0. The molecule has 0 aliphatic heterocycles. The van der Waals surface area contributed by atoms with Crippen LogP contribution in [0.3, 0.4) is 0 Å². The first kappa shape index (κ1) is 36.1. The fourth-order valence-corrected chi connectivity index (χ4v) is 5.05. The number of nitrogens with zero attached hydrogens (tertiary/aromatic N) is 3. The van der Waals surface area contributed by atoms with Crippen molar-refractivity contribution in [1.82, 2.24) is 4.98 Å². The molecular formula is C39H51N3Ni. The average molecular weight is 621 g/mol. The largest absolute Gasteiger partial charge is 0.254 e. The summed E-state index contributed by atoms with van der Waals surface area (Å²) in [5.74, 6) is 1.64. The van der Waals surface area contributed by atoms with Crippen LogP contribution in [0.1, 0.15) is 138 Å². The second kappa shape index (κ2) is 18.5. The van der Waals surface area contributed by atoms with Gasteiger partial charge in [0.05, 0.1) is 35.2 Å². The molecule has 4 rings (SSSR count). The second-order valence-corrected chi connectivity index (χ2v) is 12.3. The molecule has 0 fully saturated rings. The summed E-state index contributed by atoms with van der Waals surface area (Å²) in [6.45, 7) is 17.7. The number of aromatic nitrogens is 1. The number of benzene rings is 2. The summed E-state index contributed by atoms with van der Waals surface area (Å²) >= 11 is 0. The Bertz CT molecular complexity index is 1230. The van der Waals surface area contributed by atoms with Crippen molar-refractivity contribution in [3.05, 3.63) is 113 Å². The van der Waals surface area contributed by atoms with Crippen molar-refractivity contribution in [3.63, 3.8) is 0 Å². The summed E-state index contributed by atoms with van der Waals surface area (Å²) < 4.78 is 0. The van der Waals surface area contributed by atoms with Gasteiger partial charge in [-0.2, -0.15) is 0 Å². The molecule has 3 nitrogen and oxygen atoms in total. The third kappa shape index (κ3) is 11.2. The molecule has 0 spiro atoms. The predicted molar refractivity (Wildman–Crippen MR) is 185 cm³/mol. The van der Waals surface area contributed by atoms with Crippen LogP contribution in [0.5, 0.6) is 0 Å². The molecule has 0 bridgehead atoms. The fourth-order valence-electron chi connectivity index (χ4n) is 5.05. The van der Waals surface area contributed by atoms with Gasteiger partial charge in [-0.25, -0.2) is 4.98 Å². The van der Waals surface area contributed by atoms with Crippen molar-refractivity contribution >= 4 is 23.8 Å².